The summed E-state index contributed by atoms with van der Waals surface area (Å²) in [5, 5.41) is -0.262. The van der Waals surface area contributed by atoms with Crippen molar-refractivity contribution in [3.05, 3.63) is 77.0 Å². The van der Waals surface area contributed by atoms with Crippen LogP contribution in [0.4, 0.5) is 23.2 Å². The lowest BCUT2D eigenvalue weighted by molar-refractivity contribution is -0.137. The molecular weight excluding hydrogens is 388 g/mol. The smallest absolute Gasteiger partial charge is 0.298 e. The Morgan fingerprint density at radius 1 is 1.15 bits per heavy atom. The molecule has 0 bridgehead atoms. The Bertz CT molecular complexity index is 970. The van der Waals surface area contributed by atoms with Gasteiger partial charge in [0.15, 0.2) is 5.82 Å². The van der Waals surface area contributed by atoms with E-state index in [1.165, 1.54) is 47.2 Å². The molecular formula is C17H11ClF4N4O. The van der Waals surface area contributed by atoms with E-state index in [1.54, 1.807) is 0 Å². The van der Waals surface area contributed by atoms with E-state index in [-0.39, 0.29) is 16.5 Å². The Morgan fingerprint density at radius 3 is 2.48 bits per heavy atom. The zero-order valence-corrected chi connectivity index (χ0v) is 14.1. The fourth-order valence-corrected chi connectivity index (χ4v) is 2.50. The maximum absolute atomic E-state index is 12.9. The molecule has 3 rings (SSSR count). The number of rotatable bonds is 4. The molecule has 1 amide bonds. The van der Waals surface area contributed by atoms with Crippen molar-refractivity contribution in [2.24, 2.45) is 0 Å². The summed E-state index contributed by atoms with van der Waals surface area (Å²) < 4.78 is 52.3. The van der Waals surface area contributed by atoms with Crippen molar-refractivity contribution in [3.63, 3.8) is 0 Å². The van der Waals surface area contributed by atoms with Gasteiger partial charge in [-0.05, 0) is 42.5 Å². The first kappa shape index (κ1) is 18.7. The van der Waals surface area contributed by atoms with Crippen LogP contribution >= 0.6 is 11.6 Å². The fourth-order valence-electron chi connectivity index (χ4n) is 2.24. The molecule has 27 heavy (non-hydrogen) atoms. The Morgan fingerprint density at radius 2 is 1.85 bits per heavy atom. The number of hydrazine groups is 1. The van der Waals surface area contributed by atoms with Crippen molar-refractivity contribution in [3.8, 4) is 5.82 Å². The number of anilines is 1. The van der Waals surface area contributed by atoms with Crippen molar-refractivity contribution in [1.29, 1.82) is 0 Å². The molecule has 1 aromatic carbocycles. The third kappa shape index (κ3) is 4.20. The Kier molecular flexibility index (Phi) is 5.04. The van der Waals surface area contributed by atoms with Crippen LogP contribution in [0.5, 0.6) is 0 Å². The van der Waals surface area contributed by atoms with E-state index in [0.29, 0.717) is 11.9 Å². The second kappa shape index (κ2) is 7.28. The van der Waals surface area contributed by atoms with Gasteiger partial charge in [0.1, 0.15) is 11.5 Å². The van der Waals surface area contributed by atoms with E-state index >= 15 is 0 Å². The van der Waals surface area contributed by atoms with Crippen LogP contribution in [0.25, 0.3) is 5.82 Å². The van der Waals surface area contributed by atoms with Gasteiger partial charge in [-0.3, -0.25) is 20.2 Å². The fraction of sp³-hybridized carbons (Fsp3) is 0.0588. The topological polar surface area (TPSA) is 59.0 Å². The highest BCUT2D eigenvalue weighted by Gasteiger charge is 2.32. The van der Waals surface area contributed by atoms with Crippen LogP contribution in [0, 0.1) is 5.82 Å². The molecule has 140 valence electrons. The second-order valence-corrected chi connectivity index (χ2v) is 5.78. The monoisotopic (exact) mass is 398 g/mol. The van der Waals surface area contributed by atoms with Gasteiger partial charge in [-0.25, -0.2) is 9.37 Å². The highest BCUT2D eigenvalue weighted by atomic mass is 35.5. The molecule has 2 N–H and O–H groups in total. The van der Waals surface area contributed by atoms with Crippen molar-refractivity contribution < 1.29 is 22.4 Å². The van der Waals surface area contributed by atoms with Gasteiger partial charge in [-0.1, -0.05) is 11.6 Å². The van der Waals surface area contributed by atoms with Crippen molar-refractivity contribution in [2.45, 2.75) is 6.18 Å². The maximum atomic E-state index is 12.9. The standard InChI is InChI=1S/C17H11ClF4N4O/c18-13-8-10(17(20,21)22)9-23-15(13)26-7-1-2-14(26)16(27)25-24-12-5-3-11(19)4-6-12/h1-9,24H,(H,25,27). The van der Waals surface area contributed by atoms with Gasteiger partial charge < -0.3 is 0 Å². The van der Waals surface area contributed by atoms with Gasteiger partial charge in [0.25, 0.3) is 5.91 Å². The lowest BCUT2D eigenvalue weighted by Gasteiger charge is -2.13. The third-order valence-corrected chi connectivity index (χ3v) is 3.80. The molecule has 0 radical (unpaired) electrons. The summed E-state index contributed by atoms with van der Waals surface area (Å²) in [6, 6.07) is 8.96. The number of pyridine rings is 1. The van der Waals surface area contributed by atoms with Crippen molar-refractivity contribution in [2.75, 3.05) is 5.43 Å². The van der Waals surface area contributed by atoms with Gasteiger partial charge >= 0.3 is 6.18 Å². The molecule has 0 aliphatic rings. The minimum absolute atomic E-state index is 0.0263. The molecule has 0 saturated heterocycles. The van der Waals surface area contributed by atoms with Crippen LogP contribution in [0.15, 0.2) is 54.9 Å². The van der Waals surface area contributed by atoms with Crippen LogP contribution in [-0.2, 0) is 6.18 Å². The predicted octanol–water partition coefficient (Wildman–Crippen LogP) is 4.44. The highest BCUT2D eigenvalue weighted by Crippen LogP contribution is 2.32. The molecule has 2 heterocycles. The van der Waals surface area contributed by atoms with Crippen LogP contribution < -0.4 is 10.9 Å². The van der Waals surface area contributed by atoms with Gasteiger partial charge in [-0.2, -0.15) is 13.2 Å². The quantitative estimate of drug-likeness (QED) is 0.504. The minimum Gasteiger partial charge on any atom is -0.298 e. The number of hydrogen-bond donors (Lipinski definition) is 2. The number of carbonyl (C=O) groups excluding carboxylic acids is 1. The van der Waals surface area contributed by atoms with E-state index < -0.39 is 23.5 Å². The first-order valence-corrected chi connectivity index (χ1v) is 7.86. The number of hydrogen-bond acceptors (Lipinski definition) is 3. The highest BCUT2D eigenvalue weighted by molar-refractivity contribution is 6.32. The average Bonchev–Trinajstić information content (AvgIpc) is 3.09. The summed E-state index contributed by atoms with van der Waals surface area (Å²) in [4.78, 5) is 16.1. The summed E-state index contributed by atoms with van der Waals surface area (Å²) in [5.74, 6) is -1.05. The zero-order valence-electron chi connectivity index (χ0n) is 13.4. The molecule has 0 spiro atoms. The lowest BCUT2D eigenvalue weighted by Crippen LogP contribution is -2.31. The van der Waals surface area contributed by atoms with Crippen LogP contribution in [-0.4, -0.2) is 15.5 Å². The number of nitrogens with one attached hydrogen (secondary N) is 2. The van der Waals surface area contributed by atoms with Gasteiger partial charge in [0.05, 0.1) is 16.3 Å². The molecule has 3 aromatic rings. The lowest BCUT2D eigenvalue weighted by atomic mass is 10.2. The Balaban J connectivity index is 1.81. The van der Waals surface area contributed by atoms with Crippen molar-refractivity contribution in [1.82, 2.24) is 15.0 Å². The van der Waals surface area contributed by atoms with E-state index in [2.05, 4.69) is 15.8 Å². The van der Waals surface area contributed by atoms with Gasteiger partial charge in [-0.15, -0.1) is 0 Å². The maximum Gasteiger partial charge on any atom is 0.417 e. The van der Waals surface area contributed by atoms with Crippen LogP contribution in [0.3, 0.4) is 0 Å². The Hall–Kier alpha value is -3.07. The number of alkyl halides is 3. The van der Waals surface area contributed by atoms with Gasteiger partial charge in [0, 0.05) is 12.4 Å². The number of benzene rings is 1. The number of amides is 1. The number of halogens is 5. The van der Waals surface area contributed by atoms with Crippen molar-refractivity contribution >= 4 is 23.2 Å². The molecule has 0 fully saturated rings. The number of carbonyl (C=O) groups is 1. The SMILES string of the molecule is O=C(NNc1ccc(F)cc1)c1cccn1-c1ncc(C(F)(F)F)cc1Cl. The van der Waals surface area contributed by atoms with E-state index in [1.807, 2.05) is 0 Å². The Labute approximate surface area is 155 Å². The molecule has 0 saturated carbocycles. The summed E-state index contributed by atoms with van der Waals surface area (Å²) >= 11 is 5.93. The third-order valence-electron chi connectivity index (χ3n) is 3.52. The van der Waals surface area contributed by atoms with Crippen LogP contribution in [0.2, 0.25) is 5.02 Å². The second-order valence-electron chi connectivity index (χ2n) is 5.38. The predicted molar refractivity (Wildman–Crippen MR) is 91.1 cm³/mol. The minimum atomic E-state index is -4.58. The van der Waals surface area contributed by atoms with Gasteiger partial charge in [0.2, 0.25) is 0 Å². The number of aromatic nitrogens is 2. The van der Waals surface area contributed by atoms with E-state index in [9.17, 15) is 22.4 Å². The first-order chi connectivity index (χ1) is 12.8. The largest absolute Gasteiger partial charge is 0.417 e. The van der Waals surface area contributed by atoms with Crippen LogP contribution in [0.1, 0.15) is 16.1 Å². The normalized spacial score (nSPS) is 11.3. The zero-order chi connectivity index (χ0) is 19.6. The molecule has 0 atom stereocenters. The summed E-state index contributed by atoms with van der Waals surface area (Å²) in [6.07, 6.45) is -2.50. The molecule has 5 nitrogen and oxygen atoms in total. The molecule has 0 aliphatic heterocycles. The van der Waals surface area contributed by atoms with E-state index in [4.69, 9.17) is 11.6 Å². The summed E-state index contributed by atoms with van der Waals surface area (Å²) in [6.45, 7) is 0. The summed E-state index contributed by atoms with van der Waals surface area (Å²) in [7, 11) is 0. The number of nitrogens with zero attached hydrogens (tertiary/aromatic N) is 2. The molecule has 2 aromatic heterocycles. The summed E-state index contributed by atoms with van der Waals surface area (Å²) in [5.41, 5.74) is 4.53. The van der Waals surface area contributed by atoms with E-state index in [0.717, 1.165) is 6.07 Å². The molecule has 10 heteroatoms. The average molecular weight is 399 g/mol. The first-order valence-electron chi connectivity index (χ1n) is 7.48. The molecule has 0 aliphatic carbocycles. The molecule has 0 unspecified atom stereocenters.